The van der Waals surface area contributed by atoms with Crippen LogP contribution in [0, 0.1) is 6.92 Å². The average Bonchev–Trinajstić information content (AvgIpc) is 3.26. The van der Waals surface area contributed by atoms with Gasteiger partial charge in [0.2, 0.25) is 5.91 Å². The van der Waals surface area contributed by atoms with Crippen molar-refractivity contribution in [2.75, 3.05) is 32.8 Å². The van der Waals surface area contributed by atoms with Crippen molar-refractivity contribution in [1.82, 2.24) is 19.6 Å². The first-order valence-corrected chi connectivity index (χ1v) is 12.7. The predicted molar refractivity (Wildman–Crippen MR) is 141 cm³/mol. The molecule has 3 aliphatic heterocycles. The van der Waals surface area contributed by atoms with E-state index < -0.39 is 0 Å². The van der Waals surface area contributed by atoms with Crippen molar-refractivity contribution in [3.63, 3.8) is 0 Å². The number of piperidine rings is 1. The lowest BCUT2D eigenvalue weighted by Gasteiger charge is -2.34. The van der Waals surface area contributed by atoms with E-state index in [0.29, 0.717) is 19.8 Å². The Hall–Kier alpha value is -3.86. The molecule has 4 heterocycles. The summed E-state index contributed by atoms with van der Waals surface area (Å²) in [5.41, 5.74) is 9.50. The molecule has 1 atom stereocenters. The Morgan fingerprint density at radius 2 is 1.78 bits per heavy atom. The number of fused-ring (bicyclic) bond motifs is 1. The van der Waals surface area contributed by atoms with Crippen LogP contribution in [0.3, 0.4) is 0 Å². The zero-order valence-electron chi connectivity index (χ0n) is 20.6. The van der Waals surface area contributed by atoms with E-state index in [2.05, 4.69) is 66.1 Å². The van der Waals surface area contributed by atoms with Gasteiger partial charge in [-0.05, 0) is 31.4 Å². The van der Waals surface area contributed by atoms with Crippen molar-refractivity contribution >= 4 is 17.8 Å². The summed E-state index contributed by atoms with van der Waals surface area (Å²) in [7, 11) is 0. The number of aromatic nitrogens is 2. The van der Waals surface area contributed by atoms with Gasteiger partial charge in [-0.1, -0.05) is 65.9 Å². The molecule has 0 bridgehead atoms. The number of ether oxygens (including phenoxy) is 1. The number of likely N-dealkylation sites (tertiary alicyclic amines) is 1. The van der Waals surface area contributed by atoms with E-state index in [1.165, 1.54) is 5.56 Å². The lowest BCUT2D eigenvalue weighted by Crippen LogP contribution is -2.40. The van der Waals surface area contributed by atoms with Crippen LogP contribution in [0.5, 0.6) is 0 Å². The Morgan fingerprint density at radius 3 is 2.56 bits per heavy atom. The number of carbonyl (C=O) groups excluding carboxylic acids is 1. The van der Waals surface area contributed by atoms with Crippen LogP contribution < -0.4 is 0 Å². The average molecular weight is 479 g/mol. The van der Waals surface area contributed by atoms with Crippen molar-refractivity contribution in [2.45, 2.75) is 25.7 Å². The highest BCUT2D eigenvalue weighted by atomic mass is 16.5. The molecule has 2 saturated heterocycles. The number of aryl methyl sites for hydroxylation is 1. The smallest absolute Gasteiger partial charge is 0.234 e. The standard InChI is InChI=1S/C30H30N4O2/c1-22-9-11-24(12-10-22)28-20-26-14-13-25(21-29(34(26)31-28)32-16-18-36-19-17-32)33-15-5-8-27(30(33)35)23-6-3-2-4-7-23/h2-4,6-7,9-12,14,20-21,27H,5,8,15-19H2,1H3. The Morgan fingerprint density at radius 1 is 1.00 bits per heavy atom. The van der Waals surface area contributed by atoms with Crippen molar-refractivity contribution in [3.05, 3.63) is 95.0 Å². The van der Waals surface area contributed by atoms with Crippen molar-refractivity contribution in [2.24, 2.45) is 0 Å². The number of morpholine rings is 1. The Kier molecular flexibility index (Phi) is 6.06. The number of hydrogen-bond acceptors (Lipinski definition) is 4. The Labute approximate surface area is 211 Å². The molecule has 2 aromatic carbocycles. The van der Waals surface area contributed by atoms with E-state index in [0.717, 1.165) is 60.0 Å². The van der Waals surface area contributed by atoms with E-state index >= 15 is 0 Å². The van der Waals surface area contributed by atoms with Gasteiger partial charge in [0, 0.05) is 37.3 Å². The maximum Gasteiger partial charge on any atom is 0.234 e. The number of rotatable bonds is 4. The van der Waals surface area contributed by atoms with Gasteiger partial charge in [0.05, 0.1) is 36.2 Å². The van der Waals surface area contributed by atoms with Crippen molar-refractivity contribution in [3.8, 4) is 11.3 Å². The highest BCUT2D eigenvalue weighted by Gasteiger charge is 2.32. The predicted octanol–water partition coefficient (Wildman–Crippen LogP) is 4.90. The third-order valence-electron chi connectivity index (χ3n) is 7.20. The number of carbonyl (C=O) groups is 1. The molecule has 6 rings (SSSR count). The molecular weight excluding hydrogens is 448 g/mol. The molecule has 36 heavy (non-hydrogen) atoms. The summed E-state index contributed by atoms with van der Waals surface area (Å²) in [6.07, 6.45) is 5.87. The molecular formula is C30H30N4O2. The van der Waals surface area contributed by atoms with Crippen LogP contribution in [0.15, 0.2) is 78.2 Å². The fraction of sp³-hybridized carbons (Fsp3) is 0.300. The summed E-state index contributed by atoms with van der Waals surface area (Å²) < 4.78 is 7.62. The molecule has 0 radical (unpaired) electrons. The molecule has 3 aromatic rings. The summed E-state index contributed by atoms with van der Waals surface area (Å²) >= 11 is 0. The molecule has 1 aromatic heterocycles. The summed E-state index contributed by atoms with van der Waals surface area (Å²) in [5, 5.41) is 5.01. The lowest BCUT2D eigenvalue weighted by atomic mass is 9.89. The van der Waals surface area contributed by atoms with Gasteiger partial charge in [0.15, 0.2) is 0 Å². The van der Waals surface area contributed by atoms with E-state index in [1.807, 2.05) is 33.9 Å². The lowest BCUT2D eigenvalue weighted by molar-refractivity contribution is -0.132. The second kappa shape index (κ2) is 9.65. The first kappa shape index (κ1) is 22.6. The molecule has 1 amide bonds. The number of allylic oxidation sites excluding steroid dienone is 1. The van der Waals surface area contributed by atoms with E-state index in [9.17, 15) is 4.79 Å². The molecule has 3 aliphatic rings. The van der Waals surface area contributed by atoms with E-state index in [1.54, 1.807) is 0 Å². The number of amides is 1. The van der Waals surface area contributed by atoms with Gasteiger partial charge in [-0.25, -0.2) is 4.68 Å². The van der Waals surface area contributed by atoms with Crippen molar-refractivity contribution in [1.29, 1.82) is 0 Å². The number of nitrogens with zero attached hydrogens (tertiary/aromatic N) is 4. The Balaban J connectivity index is 1.40. The van der Waals surface area contributed by atoms with Gasteiger partial charge in [-0.15, -0.1) is 0 Å². The number of hydrogen-bond donors (Lipinski definition) is 0. The van der Waals surface area contributed by atoms with Gasteiger partial charge in [0.1, 0.15) is 5.82 Å². The SMILES string of the molecule is Cc1ccc(-c2cc3n(n2)C(N2CCOCC2)=CC(N2CCCC(c4ccccc4)C2=O)=C=C3)cc1. The highest BCUT2D eigenvalue weighted by Crippen LogP contribution is 2.33. The normalized spacial score (nSPS) is 20.0. The van der Waals surface area contributed by atoms with Crippen LogP contribution in [-0.2, 0) is 9.53 Å². The van der Waals surface area contributed by atoms with Crippen LogP contribution in [0.25, 0.3) is 23.2 Å². The molecule has 1 unspecified atom stereocenters. The third-order valence-corrected chi connectivity index (χ3v) is 7.20. The van der Waals surface area contributed by atoms with Crippen LogP contribution in [-0.4, -0.2) is 58.3 Å². The molecule has 6 nitrogen and oxygen atoms in total. The molecule has 182 valence electrons. The fourth-order valence-corrected chi connectivity index (χ4v) is 5.20. The first-order valence-electron chi connectivity index (χ1n) is 12.7. The second-order valence-corrected chi connectivity index (χ2v) is 9.60. The zero-order valence-corrected chi connectivity index (χ0v) is 20.6. The van der Waals surface area contributed by atoms with Crippen LogP contribution in [0.4, 0.5) is 0 Å². The largest absolute Gasteiger partial charge is 0.378 e. The quantitative estimate of drug-likeness (QED) is 0.501. The summed E-state index contributed by atoms with van der Waals surface area (Å²) in [5.74, 6) is 0.973. The van der Waals surface area contributed by atoms with Gasteiger partial charge in [-0.2, -0.15) is 5.10 Å². The van der Waals surface area contributed by atoms with Gasteiger partial charge >= 0.3 is 0 Å². The van der Waals surface area contributed by atoms with Crippen molar-refractivity contribution < 1.29 is 9.53 Å². The van der Waals surface area contributed by atoms with Gasteiger partial charge in [-0.3, -0.25) is 4.79 Å². The van der Waals surface area contributed by atoms with E-state index in [-0.39, 0.29) is 11.8 Å². The van der Waals surface area contributed by atoms with E-state index in [4.69, 9.17) is 9.84 Å². The third kappa shape index (κ3) is 4.30. The minimum absolute atomic E-state index is 0.122. The van der Waals surface area contributed by atoms with Crippen LogP contribution >= 0.6 is 0 Å². The minimum atomic E-state index is -0.122. The molecule has 0 N–H and O–H groups in total. The summed E-state index contributed by atoms with van der Waals surface area (Å²) in [4.78, 5) is 17.9. The molecule has 0 saturated carbocycles. The van der Waals surface area contributed by atoms with Gasteiger partial charge < -0.3 is 14.5 Å². The molecule has 0 aliphatic carbocycles. The van der Waals surface area contributed by atoms with Crippen LogP contribution in [0.2, 0.25) is 0 Å². The summed E-state index contributed by atoms with van der Waals surface area (Å²) in [6, 6.07) is 20.7. The first-order chi connectivity index (χ1) is 17.7. The molecule has 2 fully saturated rings. The second-order valence-electron chi connectivity index (χ2n) is 9.60. The zero-order chi connectivity index (χ0) is 24.5. The Bertz CT molecular complexity index is 1360. The highest BCUT2D eigenvalue weighted by molar-refractivity contribution is 5.87. The minimum Gasteiger partial charge on any atom is -0.378 e. The molecule has 6 heteroatoms. The monoisotopic (exact) mass is 478 g/mol. The van der Waals surface area contributed by atoms with Gasteiger partial charge in [0.25, 0.3) is 0 Å². The fourth-order valence-electron chi connectivity index (χ4n) is 5.20. The summed E-state index contributed by atoms with van der Waals surface area (Å²) in [6.45, 7) is 5.68. The number of benzene rings is 2. The topological polar surface area (TPSA) is 50.6 Å². The maximum atomic E-state index is 13.7. The maximum absolute atomic E-state index is 13.7. The van der Waals surface area contributed by atoms with Crippen LogP contribution in [0.1, 0.15) is 35.6 Å². The molecule has 0 spiro atoms.